The predicted octanol–water partition coefficient (Wildman–Crippen LogP) is 2.59. The van der Waals surface area contributed by atoms with Gasteiger partial charge in [0.2, 0.25) is 0 Å². The van der Waals surface area contributed by atoms with Crippen molar-refractivity contribution in [2.75, 3.05) is 6.26 Å². The Labute approximate surface area is 129 Å². The second kappa shape index (κ2) is 6.85. The van der Waals surface area contributed by atoms with E-state index in [1.807, 2.05) is 24.5 Å². The van der Waals surface area contributed by atoms with Gasteiger partial charge >= 0.3 is 0 Å². The highest BCUT2D eigenvalue weighted by Crippen LogP contribution is 2.29. The van der Waals surface area contributed by atoms with Crippen LogP contribution in [-0.4, -0.2) is 28.7 Å². The van der Waals surface area contributed by atoms with Crippen LogP contribution < -0.4 is 11.1 Å². The van der Waals surface area contributed by atoms with E-state index in [1.165, 1.54) is 11.8 Å². The first-order valence-electron chi connectivity index (χ1n) is 7.06. The molecule has 1 aromatic carbocycles. The zero-order valence-corrected chi connectivity index (χ0v) is 12.9. The standard InChI is InChI=1S/C15H21N3O2S/c1-21-12-8-4-3-7-11(12)13(19)17-15(14(16)18-20)9-5-2-6-10-15/h3-4,7-8,20H,2,5-6,9-10H2,1H3,(H2,16,18)(H,17,19). The lowest BCUT2D eigenvalue weighted by atomic mass is 9.80. The van der Waals surface area contributed by atoms with Crippen LogP contribution in [0.4, 0.5) is 0 Å². The van der Waals surface area contributed by atoms with E-state index in [4.69, 9.17) is 10.9 Å². The van der Waals surface area contributed by atoms with Crippen LogP contribution >= 0.6 is 11.8 Å². The van der Waals surface area contributed by atoms with Crippen LogP contribution in [0, 0.1) is 0 Å². The van der Waals surface area contributed by atoms with E-state index in [2.05, 4.69) is 10.5 Å². The molecule has 0 bridgehead atoms. The minimum absolute atomic E-state index is 0.0946. The van der Waals surface area contributed by atoms with Crippen molar-refractivity contribution in [1.82, 2.24) is 5.32 Å². The molecule has 6 heteroatoms. The van der Waals surface area contributed by atoms with Gasteiger partial charge in [0.15, 0.2) is 5.84 Å². The molecule has 1 aliphatic rings. The molecule has 1 aliphatic carbocycles. The molecule has 4 N–H and O–H groups in total. The largest absolute Gasteiger partial charge is 0.409 e. The van der Waals surface area contributed by atoms with Crippen molar-refractivity contribution in [2.45, 2.75) is 42.5 Å². The Balaban J connectivity index is 2.26. The van der Waals surface area contributed by atoms with Gasteiger partial charge in [0.25, 0.3) is 5.91 Å². The lowest BCUT2D eigenvalue weighted by Crippen LogP contribution is -2.58. The van der Waals surface area contributed by atoms with Gasteiger partial charge in [-0.3, -0.25) is 4.79 Å². The number of nitrogens with two attached hydrogens (primary N) is 1. The van der Waals surface area contributed by atoms with Crippen molar-refractivity contribution >= 4 is 23.5 Å². The zero-order chi connectivity index (χ0) is 15.3. The fourth-order valence-corrected chi connectivity index (χ4v) is 3.41. The summed E-state index contributed by atoms with van der Waals surface area (Å²) in [5, 5.41) is 15.2. The number of benzene rings is 1. The first-order valence-corrected chi connectivity index (χ1v) is 8.29. The predicted molar refractivity (Wildman–Crippen MR) is 84.9 cm³/mol. The van der Waals surface area contributed by atoms with Gasteiger partial charge in [0.05, 0.1) is 5.56 Å². The number of nitrogens with zero attached hydrogens (tertiary/aromatic N) is 1. The van der Waals surface area contributed by atoms with Crippen LogP contribution in [0.5, 0.6) is 0 Å². The first-order chi connectivity index (χ1) is 10.1. The molecule has 114 valence electrons. The van der Waals surface area contributed by atoms with Crippen molar-refractivity contribution in [3.05, 3.63) is 29.8 Å². The van der Waals surface area contributed by atoms with Gasteiger partial charge in [0.1, 0.15) is 5.54 Å². The molecule has 1 aromatic rings. The van der Waals surface area contributed by atoms with E-state index in [0.29, 0.717) is 18.4 Å². The summed E-state index contributed by atoms with van der Waals surface area (Å²) in [6, 6.07) is 7.45. The summed E-state index contributed by atoms with van der Waals surface area (Å²) in [5.41, 5.74) is 5.76. The smallest absolute Gasteiger partial charge is 0.253 e. The Morgan fingerprint density at radius 2 is 2.00 bits per heavy atom. The summed E-state index contributed by atoms with van der Waals surface area (Å²) in [5.74, 6) is -0.0781. The molecule has 0 aromatic heterocycles. The highest BCUT2D eigenvalue weighted by molar-refractivity contribution is 7.98. The van der Waals surface area contributed by atoms with Gasteiger partial charge in [-0.05, 0) is 31.2 Å². The molecule has 2 rings (SSSR count). The van der Waals surface area contributed by atoms with Gasteiger partial charge in [-0.15, -0.1) is 11.8 Å². The maximum Gasteiger partial charge on any atom is 0.253 e. The van der Waals surface area contributed by atoms with Gasteiger partial charge in [0, 0.05) is 4.90 Å². The summed E-state index contributed by atoms with van der Waals surface area (Å²) in [6.07, 6.45) is 6.37. The maximum atomic E-state index is 12.6. The molecule has 0 saturated heterocycles. The zero-order valence-electron chi connectivity index (χ0n) is 12.1. The first kappa shape index (κ1) is 15.7. The quantitative estimate of drug-likeness (QED) is 0.262. The van der Waals surface area contributed by atoms with Crippen LogP contribution in [0.25, 0.3) is 0 Å². The average Bonchev–Trinajstić information content (AvgIpc) is 2.54. The van der Waals surface area contributed by atoms with Crippen molar-refractivity contribution in [3.8, 4) is 0 Å². The molecular formula is C15H21N3O2S. The summed E-state index contributed by atoms with van der Waals surface area (Å²) < 4.78 is 0. The topological polar surface area (TPSA) is 87.7 Å². The van der Waals surface area contributed by atoms with E-state index in [0.717, 1.165) is 24.2 Å². The fraction of sp³-hybridized carbons (Fsp3) is 0.467. The fourth-order valence-electron chi connectivity index (χ4n) is 2.81. The Hall–Kier alpha value is -1.69. The van der Waals surface area contributed by atoms with Crippen LogP contribution in [0.15, 0.2) is 34.3 Å². The molecule has 21 heavy (non-hydrogen) atoms. The van der Waals surface area contributed by atoms with E-state index >= 15 is 0 Å². The molecule has 5 nitrogen and oxygen atoms in total. The molecule has 0 unspecified atom stereocenters. The summed E-state index contributed by atoms with van der Waals surface area (Å²) >= 11 is 1.53. The van der Waals surface area contributed by atoms with E-state index in [-0.39, 0.29) is 11.7 Å². The SMILES string of the molecule is CSc1ccccc1C(=O)NC1(C(N)=NO)CCCCC1. The maximum absolute atomic E-state index is 12.6. The molecule has 1 amide bonds. The number of nitrogens with one attached hydrogen (secondary N) is 1. The molecule has 1 saturated carbocycles. The number of amides is 1. The second-order valence-corrected chi connectivity index (χ2v) is 6.13. The van der Waals surface area contributed by atoms with Crippen LogP contribution in [-0.2, 0) is 0 Å². The van der Waals surface area contributed by atoms with E-state index < -0.39 is 5.54 Å². The van der Waals surface area contributed by atoms with Crippen LogP contribution in [0.1, 0.15) is 42.5 Å². The molecule has 0 spiro atoms. The normalized spacial score (nSPS) is 18.2. The molecular weight excluding hydrogens is 286 g/mol. The van der Waals surface area contributed by atoms with Gasteiger partial charge in [-0.2, -0.15) is 0 Å². The van der Waals surface area contributed by atoms with Crippen molar-refractivity contribution in [2.24, 2.45) is 10.9 Å². The Morgan fingerprint density at radius 3 is 2.62 bits per heavy atom. The van der Waals surface area contributed by atoms with E-state index in [9.17, 15) is 4.79 Å². The monoisotopic (exact) mass is 307 g/mol. The van der Waals surface area contributed by atoms with Crippen molar-refractivity contribution < 1.29 is 10.0 Å². The summed E-state index contributed by atoms with van der Waals surface area (Å²) in [4.78, 5) is 13.5. The number of rotatable bonds is 4. The second-order valence-electron chi connectivity index (χ2n) is 5.28. The Morgan fingerprint density at radius 1 is 1.33 bits per heavy atom. The number of hydrogen-bond acceptors (Lipinski definition) is 4. The lowest BCUT2D eigenvalue weighted by Gasteiger charge is -2.36. The molecule has 0 aliphatic heterocycles. The number of amidine groups is 1. The molecule has 0 heterocycles. The highest BCUT2D eigenvalue weighted by atomic mass is 32.2. The van der Waals surface area contributed by atoms with Crippen LogP contribution in [0.3, 0.4) is 0 Å². The molecule has 1 fully saturated rings. The third kappa shape index (κ3) is 3.32. The number of carbonyl (C=O) groups excluding carboxylic acids is 1. The minimum atomic E-state index is -0.727. The number of hydrogen-bond donors (Lipinski definition) is 3. The third-order valence-corrected chi connectivity index (χ3v) is 4.81. The Bertz CT molecular complexity index is 539. The number of oxime groups is 1. The van der Waals surface area contributed by atoms with Gasteiger partial charge in [-0.25, -0.2) is 0 Å². The summed E-state index contributed by atoms with van der Waals surface area (Å²) in [6.45, 7) is 0. The third-order valence-electron chi connectivity index (χ3n) is 4.01. The van der Waals surface area contributed by atoms with Crippen molar-refractivity contribution in [1.29, 1.82) is 0 Å². The van der Waals surface area contributed by atoms with Gasteiger partial charge < -0.3 is 16.3 Å². The summed E-state index contributed by atoms with van der Waals surface area (Å²) in [7, 11) is 0. The highest BCUT2D eigenvalue weighted by Gasteiger charge is 2.38. The van der Waals surface area contributed by atoms with Gasteiger partial charge in [-0.1, -0.05) is 36.6 Å². The average molecular weight is 307 g/mol. The lowest BCUT2D eigenvalue weighted by molar-refractivity contribution is 0.0902. The van der Waals surface area contributed by atoms with E-state index in [1.54, 1.807) is 6.07 Å². The van der Waals surface area contributed by atoms with Crippen LogP contribution in [0.2, 0.25) is 0 Å². The number of carbonyl (C=O) groups is 1. The number of thioether (sulfide) groups is 1. The molecule has 0 atom stereocenters. The Kier molecular flexibility index (Phi) is 5.12. The molecule has 0 radical (unpaired) electrons. The minimum Gasteiger partial charge on any atom is -0.409 e. The van der Waals surface area contributed by atoms with Crippen molar-refractivity contribution in [3.63, 3.8) is 0 Å².